The predicted octanol–water partition coefficient (Wildman–Crippen LogP) is 2.35. The molecule has 0 saturated carbocycles. The summed E-state index contributed by atoms with van der Waals surface area (Å²) in [6.45, 7) is 5.92. The first-order chi connectivity index (χ1) is 7.88. The first-order valence-electron chi connectivity index (χ1n) is 6.08. The summed E-state index contributed by atoms with van der Waals surface area (Å²) in [6, 6.07) is 0. The highest BCUT2D eigenvalue weighted by molar-refractivity contribution is 5.95. The molecule has 94 valence electrons. The maximum Gasteiger partial charge on any atom is 0.417 e. The fraction of sp³-hybridized carbons (Fsp3) is 0.692. The van der Waals surface area contributed by atoms with Crippen LogP contribution in [0.1, 0.15) is 33.6 Å². The molecule has 2 unspecified atom stereocenters. The number of fused-ring (bicyclic) bond motifs is 1. The van der Waals surface area contributed by atoms with Gasteiger partial charge in [-0.2, -0.15) is 0 Å². The van der Waals surface area contributed by atoms with Crippen molar-refractivity contribution in [2.45, 2.75) is 39.2 Å². The summed E-state index contributed by atoms with van der Waals surface area (Å²) in [6.07, 6.45) is 5.25. The van der Waals surface area contributed by atoms with Crippen LogP contribution in [0.3, 0.4) is 0 Å². The van der Waals surface area contributed by atoms with E-state index < -0.39 is 11.7 Å². The van der Waals surface area contributed by atoms with E-state index in [1.54, 1.807) is 20.8 Å². The first kappa shape index (κ1) is 12.1. The van der Waals surface area contributed by atoms with Crippen molar-refractivity contribution in [1.82, 2.24) is 4.90 Å². The number of likely N-dealkylation sites (tertiary alicyclic amines) is 1. The van der Waals surface area contributed by atoms with E-state index in [0.717, 1.165) is 12.8 Å². The molecule has 2 amide bonds. The van der Waals surface area contributed by atoms with Crippen molar-refractivity contribution in [3.8, 4) is 0 Å². The maximum absolute atomic E-state index is 12.1. The van der Waals surface area contributed by atoms with Gasteiger partial charge in [0.25, 0.3) is 0 Å². The van der Waals surface area contributed by atoms with Crippen LogP contribution in [0.5, 0.6) is 0 Å². The fourth-order valence-electron chi connectivity index (χ4n) is 2.38. The van der Waals surface area contributed by atoms with Crippen molar-refractivity contribution in [1.29, 1.82) is 0 Å². The molecule has 2 rings (SSSR count). The first-order valence-corrected chi connectivity index (χ1v) is 6.08. The zero-order chi connectivity index (χ0) is 12.6. The zero-order valence-electron chi connectivity index (χ0n) is 10.6. The molecule has 1 aliphatic carbocycles. The van der Waals surface area contributed by atoms with E-state index in [-0.39, 0.29) is 17.7 Å². The summed E-state index contributed by atoms with van der Waals surface area (Å²) in [5, 5.41) is 0. The number of allylic oxidation sites excluding steroid dienone is 2. The van der Waals surface area contributed by atoms with Crippen LogP contribution in [0.4, 0.5) is 4.79 Å². The van der Waals surface area contributed by atoms with Crippen molar-refractivity contribution in [3.05, 3.63) is 12.2 Å². The van der Waals surface area contributed by atoms with Gasteiger partial charge in [0, 0.05) is 12.5 Å². The number of hydrogen-bond donors (Lipinski definition) is 0. The normalized spacial score (nSPS) is 28.2. The second kappa shape index (κ2) is 4.17. The second-order valence-electron chi connectivity index (χ2n) is 5.74. The predicted molar refractivity (Wildman–Crippen MR) is 63.3 cm³/mol. The Bertz CT molecular complexity index is 367. The molecule has 0 aromatic carbocycles. The van der Waals surface area contributed by atoms with Gasteiger partial charge >= 0.3 is 6.09 Å². The smallest absolute Gasteiger partial charge is 0.417 e. The molecule has 17 heavy (non-hydrogen) atoms. The molecule has 0 aromatic heterocycles. The summed E-state index contributed by atoms with van der Waals surface area (Å²) < 4.78 is 5.24. The van der Waals surface area contributed by atoms with E-state index >= 15 is 0 Å². The lowest BCUT2D eigenvalue weighted by Gasteiger charge is -2.23. The van der Waals surface area contributed by atoms with Crippen molar-refractivity contribution in [2.75, 3.05) is 6.54 Å². The van der Waals surface area contributed by atoms with E-state index in [0.29, 0.717) is 6.54 Å². The van der Waals surface area contributed by atoms with Crippen molar-refractivity contribution >= 4 is 12.0 Å². The minimum atomic E-state index is -0.552. The fourth-order valence-corrected chi connectivity index (χ4v) is 2.38. The molecule has 0 N–H and O–H groups in total. The Labute approximate surface area is 102 Å². The Balaban J connectivity index is 2.05. The highest BCUT2D eigenvalue weighted by atomic mass is 16.6. The Morgan fingerprint density at radius 3 is 2.59 bits per heavy atom. The maximum atomic E-state index is 12.1. The molecule has 0 spiro atoms. The number of nitrogens with zero attached hydrogens (tertiary/aromatic N) is 1. The summed E-state index contributed by atoms with van der Waals surface area (Å²) in [7, 11) is 0. The number of amides is 2. The summed E-state index contributed by atoms with van der Waals surface area (Å²) in [5.74, 6) is 0.182. The molecule has 1 aliphatic heterocycles. The number of ether oxygens (including phenoxy) is 1. The molecule has 4 nitrogen and oxygen atoms in total. The minimum Gasteiger partial charge on any atom is -0.443 e. The van der Waals surface area contributed by atoms with E-state index in [4.69, 9.17) is 4.74 Å². The van der Waals surface area contributed by atoms with Gasteiger partial charge in [0.1, 0.15) is 5.60 Å². The van der Waals surface area contributed by atoms with Crippen LogP contribution in [0.25, 0.3) is 0 Å². The van der Waals surface area contributed by atoms with Gasteiger partial charge in [0.05, 0.1) is 0 Å². The Morgan fingerprint density at radius 1 is 1.35 bits per heavy atom. The average Bonchev–Trinajstić information content (AvgIpc) is 2.55. The van der Waals surface area contributed by atoms with Gasteiger partial charge in [-0.25, -0.2) is 9.69 Å². The lowest BCUT2D eigenvalue weighted by molar-refractivity contribution is -0.130. The van der Waals surface area contributed by atoms with Gasteiger partial charge in [0.2, 0.25) is 5.91 Å². The van der Waals surface area contributed by atoms with Crippen LogP contribution < -0.4 is 0 Å². The minimum absolute atomic E-state index is 0.0208. The molecule has 0 aromatic rings. The van der Waals surface area contributed by atoms with E-state index in [1.807, 2.05) is 6.08 Å². The second-order valence-corrected chi connectivity index (χ2v) is 5.74. The lowest BCUT2D eigenvalue weighted by atomic mass is 9.86. The van der Waals surface area contributed by atoms with E-state index in [2.05, 4.69) is 6.08 Å². The number of imide groups is 1. The molecule has 1 fully saturated rings. The zero-order valence-corrected chi connectivity index (χ0v) is 10.6. The largest absolute Gasteiger partial charge is 0.443 e. The molecule has 2 atom stereocenters. The Kier molecular flexibility index (Phi) is 2.98. The highest BCUT2D eigenvalue weighted by Crippen LogP contribution is 2.34. The third-order valence-corrected chi connectivity index (χ3v) is 3.18. The SMILES string of the molecule is CC(C)(C)OC(=O)N1CC2CC=CCC2C1=O. The molecule has 4 heteroatoms. The van der Waals surface area contributed by atoms with Crippen LogP contribution in [0.15, 0.2) is 12.2 Å². The molecular formula is C13H19NO3. The van der Waals surface area contributed by atoms with Crippen LogP contribution in [0, 0.1) is 11.8 Å². The summed E-state index contributed by atoms with van der Waals surface area (Å²) >= 11 is 0. The van der Waals surface area contributed by atoms with Crippen LogP contribution in [-0.2, 0) is 9.53 Å². The van der Waals surface area contributed by atoms with Gasteiger partial charge < -0.3 is 4.74 Å². The molecule has 0 bridgehead atoms. The molecule has 1 heterocycles. The van der Waals surface area contributed by atoms with Crippen molar-refractivity contribution in [3.63, 3.8) is 0 Å². The third-order valence-electron chi connectivity index (χ3n) is 3.18. The van der Waals surface area contributed by atoms with Gasteiger partial charge in [-0.15, -0.1) is 0 Å². The Morgan fingerprint density at radius 2 is 2.00 bits per heavy atom. The lowest BCUT2D eigenvalue weighted by Crippen LogP contribution is -2.38. The number of carbonyl (C=O) groups is 2. The van der Waals surface area contributed by atoms with Gasteiger partial charge in [0.15, 0.2) is 0 Å². The van der Waals surface area contributed by atoms with Crippen LogP contribution >= 0.6 is 0 Å². The standard InChI is InChI=1S/C13H19NO3/c1-13(2,3)17-12(16)14-8-9-6-4-5-7-10(9)11(14)15/h4-5,9-10H,6-8H2,1-3H3. The Hall–Kier alpha value is -1.32. The van der Waals surface area contributed by atoms with Gasteiger partial charge in [-0.3, -0.25) is 4.79 Å². The average molecular weight is 237 g/mol. The number of hydrogen-bond acceptors (Lipinski definition) is 3. The van der Waals surface area contributed by atoms with Crippen LogP contribution in [-0.4, -0.2) is 29.0 Å². The molecular weight excluding hydrogens is 218 g/mol. The molecule has 1 saturated heterocycles. The van der Waals surface area contributed by atoms with Gasteiger partial charge in [-0.1, -0.05) is 12.2 Å². The quantitative estimate of drug-likeness (QED) is 0.607. The summed E-state index contributed by atoms with van der Waals surface area (Å²) in [4.78, 5) is 25.2. The topological polar surface area (TPSA) is 46.6 Å². The monoisotopic (exact) mass is 237 g/mol. The molecule has 2 aliphatic rings. The molecule has 0 radical (unpaired) electrons. The van der Waals surface area contributed by atoms with Crippen LogP contribution in [0.2, 0.25) is 0 Å². The summed E-state index contributed by atoms with van der Waals surface area (Å²) in [5.41, 5.74) is -0.552. The van der Waals surface area contributed by atoms with Crippen molar-refractivity contribution < 1.29 is 14.3 Å². The number of carbonyl (C=O) groups excluding carboxylic acids is 2. The third kappa shape index (κ3) is 2.51. The van der Waals surface area contributed by atoms with E-state index in [1.165, 1.54) is 4.90 Å². The highest BCUT2D eigenvalue weighted by Gasteiger charge is 2.44. The van der Waals surface area contributed by atoms with Gasteiger partial charge in [-0.05, 0) is 39.5 Å². The van der Waals surface area contributed by atoms with Crippen molar-refractivity contribution in [2.24, 2.45) is 11.8 Å². The number of rotatable bonds is 0. The van der Waals surface area contributed by atoms with E-state index in [9.17, 15) is 9.59 Å².